The third kappa shape index (κ3) is 5.25. The van der Waals surface area contributed by atoms with Gasteiger partial charge >= 0.3 is 0 Å². The van der Waals surface area contributed by atoms with Crippen molar-refractivity contribution in [3.05, 3.63) is 119 Å². The molecular formula is C30H30N2O6. The monoisotopic (exact) mass is 514 g/mol. The molecule has 196 valence electrons. The summed E-state index contributed by atoms with van der Waals surface area (Å²) in [7, 11) is 0. The molecule has 0 saturated carbocycles. The van der Waals surface area contributed by atoms with E-state index in [0.717, 1.165) is 16.7 Å². The zero-order chi connectivity index (χ0) is 26.5. The summed E-state index contributed by atoms with van der Waals surface area (Å²) >= 11 is 0. The average Bonchev–Trinajstić information content (AvgIpc) is 3.37. The van der Waals surface area contributed by atoms with Crippen LogP contribution in [0.15, 0.2) is 96.6 Å². The third-order valence-electron chi connectivity index (χ3n) is 6.74. The minimum absolute atomic E-state index is 0.125. The van der Waals surface area contributed by atoms with Crippen molar-refractivity contribution in [3.8, 4) is 0 Å². The Morgan fingerprint density at radius 3 is 2.21 bits per heavy atom. The van der Waals surface area contributed by atoms with E-state index >= 15 is 0 Å². The number of carbonyl (C=O) groups excluding carboxylic acids is 2. The van der Waals surface area contributed by atoms with Gasteiger partial charge in [0.2, 0.25) is 11.7 Å². The summed E-state index contributed by atoms with van der Waals surface area (Å²) in [4.78, 5) is 25.2. The quantitative estimate of drug-likeness (QED) is 0.367. The number of aliphatic hydroxyl groups is 2. The predicted octanol–water partition coefficient (Wildman–Crippen LogP) is 2.40. The van der Waals surface area contributed by atoms with Crippen LogP contribution in [0.1, 0.15) is 33.5 Å². The molecule has 1 fully saturated rings. The van der Waals surface area contributed by atoms with Crippen LogP contribution in [0.3, 0.4) is 0 Å². The molecule has 3 unspecified atom stereocenters. The Kier molecular flexibility index (Phi) is 7.67. The summed E-state index contributed by atoms with van der Waals surface area (Å²) in [5.41, 5.74) is 3.20. The lowest BCUT2D eigenvalue weighted by Crippen LogP contribution is -2.41. The zero-order valence-electron chi connectivity index (χ0n) is 20.7. The van der Waals surface area contributed by atoms with Crippen molar-refractivity contribution in [2.45, 2.75) is 37.1 Å². The number of aliphatic hydroxyl groups excluding tert-OH is 2. The SMILES string of the molecule is O=C(NCc1cccc(C(=O)NCCO)c1)C1=CC2OC(c3ccccc3)(c3ccccc3)OC2C(O)C1. The highest BCUT2D eigenvalue weighted by molar-refractivity contribution is 5.95. The standard InChI is InChI=1S/C30H30N2O6/c33-15-14-31-28(35)21-9-7-8-20(16-21)19-32-29(36)22-17-25(34)27-26(18-22)37-30(38-27,23-10-3-1-4-11-23)24-12-5-2-6-13-24/h1-13,16,18,25-27,33-34H,14-15,17,19H2,(H,31,35)(H,32,36). The average molecular weight is 515 g/mol. The van der Waals surface area contributed by atoms with E-state index in [9.17, 15) is 14.7 Å². The minimum atomic E-state index is -1.21. The van der Waals surface area contributed by atoms with Crippen LogP contribution in [0.2, 0.25) is 0 Å². The van der Waals surface area contributed by atoms with Gasteiger partial charge in [0.05, 0.1) is 12.7 Å². The van der Waals surface area contributed by atoms with Crippen LogP contribution < -0.4 is 10.6 Å². The molecule has 38 heavy (non-hydrogen) atoms. The van der Waals surface area contributed by atoms with Gasteiger partial charge in [0, 0.05) is 41.8 Å². The number of rotatable bonds is 8. The summed E-state index contributed by atoms with van der Waals surface area (Å²) in [5, 5.41) is 25.4. The second-order valence-corrected chi connectivity index (χ2v) is 9.34. The van der Waals surface area contributed by atoms with E-state index in [2.05, 4.69) is 10.6 Å². The van der Waals surface area contributed by atoms with Crippen molar-refractivity contribution in [1.29, 1.82) is 0 Å². The first-order chi connectivity index (χ1) is 18.5. The molecule has 1 aliphatic heterocycles. The van der Waals surface area contributed by atoms with Gasteiger partial charge in [0.15, 0.2) is 0 Å². The molecule has 2 aliphatic rings. The number of benzene rings is 3. The Morgan fingerprint density at radius 1 is 0.868 bits per heavy atom. The molecule has 5 rings (SSSR count). The summed E-state index contributed by atoms with van der Waals surface area (Å²) in [6.45, 7) is 0.230. The largest absolute Gasteiger partial charge is 0.395 e. The number of amides is 2. The van der Waals surface area contributed by atoms with E-state index in [1.165, 1.54) is 0 Å². The number of hydrogen-bond acceptors (Lipinski definition) is 6. The smallest absolute Gasteiger partial charge is 0.251 e. The lowest BCUT2D eigenvalue weighted by Gasteiger charge is -2.29. The first kappa shape index (κ1) is 25.8. The van der Waals surface area contributed by atoms with Crippen molar-refractivity contribution >= 4 is 11.8 Å². The van der Waals surface area contributed by atoms with E-state index in [-0.39, 0.29) is 37.9 Å². The van der Waals surface area contributed by atoms with Crippen LogP contribution in [-0.2, 0) is 26.6 Å². The topological polar surface area (TPSA) is 117 Å². The Bertz CT molecular complexity index is 1270. The molecule has 3 atom stereocenters. The molecule has 1 saturated heterocycles. The van der Waals surface area contributed by atoms with Gasteiger partial charge < -0.3 is 30.3 Å². The highest BCUT2D eigenvalue weighted by atomic mass is 16.8. The lowest BCUT2D eigenvalue weighted by atomic mass is 9.92. The normalized spacial score (nSPS) is 21.7. The highest BCUT2D eigenvalue weighted by Crippen LogP contribution is 2.46. The van der Waals surface area contributed by atoms with Crippen LogP contribution in [0, 0.1) is 0 Å². The van der Waals surface area contributed by atoms with Gasteiger partial charge in [-0.15, -0.1) is 0 Å². The summed E-state index contributed by atoms with van der Waals surface area (Å²) < 4.78 is 13.0. The molecule has 4 N–H and O–H groups in total. The maximum Gasteiger partial charge on any atom is 0.251 e. The van der Waals surface area contributed by atoms with E-state index in [0.29, 0.717) is 11.1 Å². The second kappa shape index (κ2) is 11.3. The van der Waals surface area contributed by atoms with Crippen molar-refractivity contribution in [2.75, 3.05) is 13.2 Å². The molecule has 8 heteroatoms. The van der Waals surface area contributed by atoms with Gasteiger partial charge in [-0.1, -0.05) is 72.8 Å². The molecule has 0 radical (unpaired) electrons. The summed E-state index contributed by atoms with van der Waals surface area (Å²) in [6.07, 6.45) is -0.336. The number of nitrogens with one attached hydrogen (secondary N) is 2. The van der Waals surface area contributed by atoms with Crippen molar-refractivity contribution in [1.82, 2.24) is 10.6 Å². The van der Waals surface area contributed by atoms with Crippen LogP contribution in [0.5, 0.6) is 0 Å². The van der Waals surface area contributed by atoms with E-state index in [4.69, 9.17) is 14.6 Å². The maximum absolute atomic E-state index is 13.1. The van der Waals surface area contributed by atoms with Gasteiger partial charge in [-0.3, -0.25) is 9.59 Å². The van der Waals surface area contributed by atoms with Gasteiger partial charge in [-0.05, 0) is 23.8 Å². The Balaban J connectivity index is 1.32. The first-order valence-electron chi connectivity index (χ1n) is 12.6. The predicted molar refractivity (Wildman–Crippen MR) is 140 cm³/mol. The zero-order valence-corrected chi connectivity index (χ0v) is 20.7. The summed E-state index contributed by atoms with van der Waals surface area (Å²) in [5.74, 6) is -1.83. The van der Waals surface area contributed by atoms with Crippen LogP contribution in [0.25, 0.3) is 0 Å². The number of ether oxygens (including phenoxy) is 2. The second-order valence-electron chi connectivity index (χ2n) is 9.34. The number of fused-ring (bicyclic) bond motifs is 1. The maximum atomic E-state index is 13.1. The fraction of sp³-hybridized carbons (Fsp3) is 0.267. The molecule has 3 aromatic rings. The van der Waals surface area contributed by atoms with E-state index in [1.807, 2.05) is 66.7 Å². The van der Waals surface area contributed by atoms with Crippen molar-refractivity contribution < 1.29 is 29.3 Å². The van der Waals surface area contributed by atoms with Crippen LogP contribution in [0.4, 0.5) is 0 Å². The minimum Gasteiger partial charge on any atom is -0.395 e. The first-order valence-corrected chi connectivity index (χ1v) is 12.6. The van der Waals surface area contributed by atoms with E-state index < -0.39 is 24.1 Å². The molecule has 1 aliphatic carbocycles. The summed E-state index contributed by atoms with van der Waals surface area (Å²) in [6, 6.07) is 26.1. The number of hydrogen-bond donors (Lipinski definition) is 4. The van der Waals surface area contributed by atoms with Crippen molar-refractivity contribution in [3.63, 3.8) is 0 Å². The van der Waals surface area contributed by atoms with Gasteiger partial charge in [-0.25, -0.2) is 0 Å². The molecule has 0 bridgehead atoms. The van der Waals surface area contributed by atoms with Gasteiger partial charge in [0.1, 0.15) is 12.2 Å². The molecular weight excluding hydrogens is 484 g/mol. The molecule has 1 heterocycles. The van der Waals surface area contributed by atoms with Crippen molar-refractivity contribution in [2.24, 2.45) is 0 Å². The number of carbonyl (C=O) groups is 2. The van der Waals surface area contributed by atoms with E-state index in [1.54, 1.807) is 24.3 Å². The third-order valence-corrected chi connectivity index (χ3v) is 6.74. The fourth-order valence-corrected chi connectivity index (χ4v) is 4.89. The highest BCUT2D eigenvalue weighted by Gasteiger charge is 2.53. The molecule has 8 nitrogen and oxygen atoms in total. The Morgan fingerprint density at radius 2 is 1.55 bits per heavy atom. The Hall–Kier alpha value is -3.82. The lowest BCUT2D eigenvalue weighted by molar-refractivity contribution is -0.156. The molecule has 0 spiro atoms. The van der Waals surface area contributed by atoms with Gasteiger partial charge in [-0.2, -0.15) is 0 Å². The van der Waals surface area contributed by atoms with Crippen LogP contribution >= 0.6 is 0 Å². The van der Waals surface area contributed by atoms with Crippen LogP contribution in [-0.4, -0.2) is 53.5 Å². The molecule has 0 aromatic heterocycles. The molecule has 3 aromatic carbocycles. The van der Waals surface area contributed by atoms with Gasteiger partial charge in [0.25, 0.3) is 5.91 Å². The fourth-order valence-electron chi connectivity index (χ4n) is 4.89. The Labute approximate surface area is 220 Å². The molecule has 2 amide bonds.